The summed E-state index contributed by atoms with van der Waals surface area (Å²) >= 11 is 0. The van der Waals surface area contributed by atoms with Gasteiger partial charge >= 0.3 is 6.18 Å². The number of hydrogen-bond acceptors (Lipinski definition) is 6. The molecule has 1 saturated carbocycles. The highest BCUT2D eigenvalue weighted by molar-refractivity contribution is 5.93. The van der Waals surface area contributed by atoms with E-state index in [1.165, 1.54) is 36.5 Å². The molecule has 7 nitrogen and oxygen atoms in total. The Hall–Kier alpha value is -3.99. The zero-order chi connectivity index (χ0) is 30.0. The molecule has 0 bridgehead atoms. The summed E-state index contributed by atoms with van der Waals surface area (Å²) in [6.45, 7) is 1.23. The lowest BCUT2D eigenvalue weighted by atomic mass is 10.00. The van der Waals surface area contributed by atoms with Crippen molar-refractivity contribution in [3.8, 4) is 11.5 Å². The van der Waals surface area contributed by atoms with E-state index in [4.69, 9.17) is 4.74 Å². The van der Waals surface area contributed by atoms with Crippen LogP contribution in [-0.4, -0.2) is 54.8 Å². The molecular formula is C31H32F4N4O3. The van der Waals surface area contributed by atoms with Gasteiger partial charge < -0.3 is 19.9 Å². The van der Waals surface area contributed by atoms with E-state index in [1.807, 2.05) is 19.0 Å². The molecule has 5 rings (SSSR count). The minimum absolute atomic E-state index is 0.000576. The number of ether oxygens (including phenoxy) is 1. The van der Waals surface area contributed by atoms with Crippen molar-refractivity contribution < 1.29 is 31.9 Å². The Balaban J connectivity index is 1.24. The maximum atomic E-state index is 14.9. The fourth-order valence-corrected chi connectivity index (χ4v) is 5.02. The summed E-state index contributed by atoms with van der Waals surface area (Å²) in [5.74, 6) is -0.671. The SMILES string of the molecule is CN(C)C1CCN(c2cc(CC(=O)Cc3ccc(Oc4ccnc(NC(=O)C5CC5)c4)c(F)c3)cc(C(F)(F)F)c2)C1. The molecule has 1 amide bonds. The van der Waals surface area contributed by atoms with Crippen molar-refractivity contribution in [2.75, 3.05) is 37.4 Å². The van der Waals surface area contributed by atoms with Crippen LogP contribution in [-0.2, 0) is 28.6 Å². The summed E-state index contributed by atoms with van der Waals surface area (Å²) in [6.07, 6.45) is -0.950. The lowest BCUT2D eigenvalue weighted by molar-refractivity contribution is -0.137. The predicted octanol–water partition coefficient (Wildman–Crippen LogP) is 5.87. The third-order valence-electron chi connectivity index (χ3n) is 7.52. The number of ketones is 1. The summed E-state index contributed by atoms with van der Waals surface area (Å²) in [5.41, 5.74) is 0.282. The summed E-state index contributed by atoms with van der Waals surface area (Å²) in [4.78, 5) is 32.9. The number of carbonyl (C=O) groups is 2. The van der Waals surface area contributed by atoms with Gasteiger partial charge in [-0.2, -0.15) is 13.2 Å². The van der Waals surface area contributed by atoms with Gasteiger partial charge in [-0.3, -0.25) is 9.59 Å². The molecular weight excluding hydrogens is 552 g/mol. The molecule has 1 aliphatic carbocycles. The first-order chi connectivity index (χ1) is 19.9. The van der Waals surface area contributed by atoms with Gasteiger partial charge in [-0.25, -0.2) is 9.37 Å². The van der Waals surface area contributed by atoms with E-state index in [2.05, 4.69) is 15.2 Å². The number of rotatable bonds is 10. The van der Waals surface area contributed by atoms with E-state index in [9.17, 15) is 27.2 Å². The summed E-state index contributed by atoms with van der Waals surface area (Å²) < 4.78 is 61.6. The van der Waals surface area contributed by atoms with Crippen molar-refractivity contribution in [2.24, 2.45) is 5.92 Å². The molecule has 1 aliphatic heterocycles. The number of alkyl halides is 3. The molecule has 2 aromatic carbocycles. The van der Waals surface area contributed by atoms with Crippen LogP contribution in [0.1, 0.15) is 36.0 Å². The number of halogens is 4. The number of benzene rings is 2. The van der Waals surface area contributed by atoms with Crippen LogP contribution in [0.4, 0.5) is 29.1 Å². The third-order valence-corrected chi connectivity index (χ3v) is 7.52. The molecule has 11 heteroatoms. The number of aromatic nitrogens is 1. The summed E-state index contributed by atoms with van der Waals surface area (Å²) in [6, 6.07) is 11.1. The normalized spacial score (nSPS) is 17.0. The molecule has 1 saturated heterocycles. The molecule has 1 N–H and O–H groups in total. The molecule has 2 fully saturated rings. The fraction of sp³-hybridized carbons (Fsp3) is 0.387. The van der Waals surface area contributed by atoms with E-state index in [0.717, 1.165) is 31.4 Å². The van der Waals surface area contributed by atoms with Gasteiger partial charge in [0.05, 0.1) is 5.56 Å². The number of likely N-dealkylation sites (N-methyl/N-ethyl adjacent to an activating group) is 1. The monoisotopic (exact) mass is 584 g/mol. The molecule has 2 aliphatic rings. The van der Waals surface area contributed by atoms with Gasteiger partial charge in [0.1, 0.15) is 17.4 Å². The second-order valence-electron chi connectivity index (χ2n) is 11.1. The van der Waals surface area contributed by atoms with E-state index in [0.29, 0.717) is 30.2 Å². The Morgan fingerprint density at radius 2 is 1.79 bits per heavy atom. The Morgan fingerprint density at radius 3 is 2.45 bits per heavy atom. The van der Waals surface area contributed by atoms with Crippen LogP contribution in [0.2, 0.25) is 0 Å². The minimum Gasteiger partial charge on any atom is -0.454 e. The van der Waals surface area contributed by atoms with Crippen LogP contribution in [0.15, 0.2) is 54.7 Å². The van der Waals surface area contributed by atoms with E-state index in [-0.39, 0.29) is 53.6 Å². The van der Waals surface area contributed by atoms with Gasteiger partial charge in [-0.15, -0.1) is 0 Å². The number of amides is 1. The lowest BCUT2D eigenvalue weighted by Crippen LogP contribution is -2.31. The van der Waals surface area contributed by atoms with Crippen molar-refractivity contribution in [1.29, 1.82) is 0 Å². The minimum atomic E-state index is -4.55. The van der Waals surface area contributed by atoms with Crippen LogP contribution in [0, 0.1) is 11.7 Å². The largest absolute Gasteiger partial charge is 0.454 e. The first kappa shape index (κ1) is 29.5. The average molecular weight is 585 g/mol. The molecule has 1 aromatic heterocycles. The highest BCUT2D eigenvalue weighted by Gasteiger charge is 2.33. The summed E-state index contributed by atoms with van der Waals surface area (Å²) in [5, 5.41) is 2.70. The number of Topliss-reactive ketones (excluding diaryl/α,β-unsaturated/α-hetero) is 1. The van der Waals surface area contributed by atoms with Gasteiger partial charge in [0.2, 0.25) is 5.91 Å². The van der Waals surface area contributed by atoms with Crippen molar-refractivity contribution in [2.45, 2.75) is 44.3 Å². The van der Waals surface area contributed by atoms with Gasteiger partial charge in [-0.05, 0) is 80.9 Å². The zero-order valence-corrected chi connectivity index (χ0v) is 23.4. The molecule has 3 aromatic rings. The van der Waals surface area contributed by atoms with Crippen LogP contribution >= 0.6 is 0 Å². The van der Waals surface area contributed by atoms with Crippen molar-refractivity contribution in [3.05, 3.63) is 77.2 Å². The van der Waals surface area contributed by atoms with Crippen molar-refractivity contribution in [3.63, 3.8) is 0 Å². The number of hydrogen-bond donors (Lipinski definition) is 1. The Kier molecular flexibility index (Phi) is 8.49. The first-order valence-electron chi connectivity index (χ1n) is 13.8. The lowest BCUT2D eigenvalue weighted by Gasteiger charge is -2.23. The smallest absolute Gasteiger partial charge is 0.416 e. The second-order valence-corrected chi connectivity index (χ2v) is 11.1. The first-order valence-corrected chi connectivity index (χ1v) is 13.8. The molecule has 42 heavy (non-hydrogen) atoms. The quantitative estimate of drug-likeness (QED) is 0.301. The molecule has 0 spiro atoms. The van der Waals surface area contributed by atoms with Crippen molar-refractivity contribution in [1.82, 2.24) is 9.88 Å². The Labute approximate surface area is 241 Å². The summed E-state index contributed by atoms with van der Waals surface area (Å²) in [7, 11) is 3.89. The number of anilines is 2. The van der Waals surface area contributed by atoms with E-state index >= 15 is 0 Å². The second kappa shape index (κ2) is 12.1. The number of carbonyl (C=O) groups excluding carboxylic acids is 2. The van der Waals surface area contributed by atoms with Crippen LogP contribution in [0.3, 0.4) is 0 Å². The van der Waals surface area contributed by atoms with E-state index < -0.39 is 17.6 Å². The molecule has 1 atom stereocenters. The highest BCUT2D eigenvalue weighted by Crippen LogP contribution is 2.35. The van der Waals surface area contributed by atoms with Gasteiger partial charge in [0, 0.05) is 55.8 Å². The Bertz CT molecular complexity index is 1470. The van der Waals surface area contributed by atoms with Gasteiger partial charge in [0.15, 0.2) is 11.6 Å². The number of pyridine rings is 1. The molecule has 222 valence electrons. The van der Waals surface area contributed by atoms with Crippen LogP contribution in [0.5, 0.6) is 11.5 Å². The fourth-order valence-electron chi connectivity index (χ4n) is 5.02. The standard InChI is InChI=1S/C31H32F4N4O3/c1-38(2)23-8-10-39(18-23)24-12-20(11-22(16-24)31(33,34)35)14-25(40)13-19-3-6-28(27(32)15-19)42-26-7-9-36-29(17-26)37-30(41)21-4-5-21/h3,6-7,9,11-12,15-17,21,23H,4-5,8,10,13-14,18H2,1-2H3,(H,36,37,41). The van der Waals surface area contributed by atoms with Gasteiger partial charge in [0.25, 0.3) is 0 Å². The van der Waals surface area contributed by atoms with Crippen LogP contribution in [0.25, 0.3) is 0 Å². The Morgan fingerprint density at radius 1 is 1.02 bits per heavy atom. The topological polar surface area (TPSA) is 74.8 Å². The number of nitrogens with zero attached hydrogens (tertiary/aromatic N) is 3. The van der Waals surface area contributed by atoms with E-state index in [1.54, 1.807) is 6.07 Å². The third kappa shape index (κ3) is 7.44. The predicted molar refractivity (Wildman–Crippen MR) is 150 cm³/mol. The zero-order valence-electron chi connectivity index (χ0n) is 23.4. The average Bonchev–Trinajstić information content (AvgIpc) is 3.65. The molecule has 1 unspecified atom stereocenters. The molecule has 0 radical (unpaired) electrons. The van der Waals surface area contributed by atoms with Crippen molar-refractivity contribution >= 4 is 23.2 Å². The highest BCUT2D eigenvalue weighted by atomic mass is 19.4. The maximum Gasteiger partial charge on any atom is 0.416 e. The molecule has 2 heterocycles. The van der Waals surface area contributed by atoms with Crippen LogP contribution < -0.4 is 15.0 Å². The maximum absolute atomic E-state index is 14.9. The van der Waals surface area contributed by atoms with Gasteiger partial charge in [-0.1, -0.05) is 6.07 Å². The number of nitrogens with one attached hydrogen (secondary N) is 1.